The maximum atomic E-state index is 13.5. The second-order valence-corrected chi connectivity index (χ2v) is 30.0. The van der Waals surface area contributed by atoms with Gasteiger partial charge < -0.3 is 41.8 Å². The van der Waals surface area contributed by atoms with Crippen LogP contribution in [0.2, 0.25) is 0 Å². The fourth-order valence-electron chi connectivity index (χ4n) is 12.6. The molecule has 0 unspecified atom stereocenters. The molecule has 17 rings (SSSR count). The molecular weight excluding hydrogens is 1720 g/mol. The van der Waals surface area contributed by atoms with Gasteiger partial charge in [0.2, 0.25) is 5.71 Å². The van der Waals surface area contributed by atoms with Crippen molar-refractivity contribution in [1.82, 2.24) is 13.7 Å². The average molecular weight is 1810 g/mol. The van der Waals surface area contributed by atoms with Crippen molar-refractivity contribution in [1.29, 1.82) is 0 Å². The molecule has 596 valence electrons. The van der Waals surface area contributed by atoms with Gasteiger partial charge in [-0.15, -0.1) is 6.42 Å². The molecule has 13 aromatic carbocycles. The van der Waals surface area contributed by atoms with E-state index in [4.69, 9.17) is 34.5 Å². The Morgan fingerprint density at radius 2 is 0.636 bits per heavy atom. The Hall–Kier alpha value is -14.2. The molecule has 4 heterocycles. The van der Waals surface area contributed by atoms with Crippen LogP contribution in [0.5, 0.6) is 28.7 Å². The van der Waals surface area contributed by atoms with Crippen molar-refractivity contribution in [2.24, 2.45) is 0 Å². The Bertz CT molecular complexity index is 6350. The highest BCUT2D eigenvalue weighted by atomic mass is 127. The lowest BCUT2D eigenvalue weighted by atomic mass is 9.99. The average Bonchev–Trinajstić information content (AvgIpc) is 1.59. The summed E-state index contributed by atoms with van der Waals surface area (Å²) in [6, 6.07) is 128. The minimum atomic E-state index is -0.185. The number of fused-ring (bicyclic) bond motifs is 1. The smallest absolute Gasteiger partial charge is 0.270 e. The normalized spacial score (nSPS) is 10.4. The molecule has 121 heavy (non-hydrogen) atoms. The number of hydrogen-bond donors (Lipinski definition) is 0. The van der Waals surface area contributed by atoms with Crippen LogP contribution in [-0.2, 0) is 52.7 Å². The molecule has 0 atom stereocenters. The van der Waals surface area contributed by atoms with Gasteiger partial charge in [-0.05, 0) is 192 Å². The summed E-state index contributed by atoms with van der Waals surface area (Å²) < 4.78 is 43.1. The molecule has 0 bridgehead atoms. The lowest BCUT2D eigenvalue weighted by Gasteiger charge is -2.12. The summed E-state index contributed by atoms with van der Waals surface area (Å²) in [6.07, 6.45) is 10.6. The Labute approximate surface area is 732 Å². The van der Waals surface area contributed by atoms with Crippen LogP contribution in [0.1, 0.15) is 61.2 Å². The number of hydrogen-bond acceptors (Lipinski definition) is 9. The molecule has 0 aliphatic rings. The van der Waals surface area contributed by atoms with Gasteiger partial charge in [0.25, 0.3) is 11.1 Å². The van der Waals surface area contributed by atoms with E-state index in [0.29, 0.717) is 90.2 Å². The number of aromatic nitrogens is 3. The first kappa shape index (κ1) is 84.7. The summed E-state index contributed by atoms with van der Waals surface area (Å²) in [5.41, 5.74) is 13.7. The number of pyridine rings is 3. The summed E-state index contributed by atoms with van der Waals surface area (Å²) in [7, 11) is 0. The van der Waals surface area contributed by atoms with Crippen molar-refractivity contribution in [3.8, 4) is 75.4 Å². The van der Waals surface area contributed by atoms with Crippen LogP contribution in [0.4, 0.5) is 0 Å². The van der Waals surface area contributed by atoms with Crippen molar-refractivity contribution in [3.05, 3.63) is 512 Å². The Balaban J connectivity index is 0.000000141. The SMILES string of the molecule is C#Cc1ccc(OCc2ccccc2)cc1.Ic1ccccc1.O=c1c(C#Cc2ccc(OCc3ccccc3)cc2)c(OCc2ccccc2)ccn1Cc1ccccc1.O=c1c(I)c(OCc2ccccc2)ccn1Cc1ccccc1.O=c1ccn(Cc2ccccc2)c2oc(-c3ccc(OCc4ccccc4)cc3)c(-c3ccccc3)c12. The van der Waals surface area contributed by atoms with Gasteiger partial charge >= 0.3 is 0 Å². The zero-order valence-electron chi connectivity index (χ0n) is 66.3. The van der Waals surface area contributed by atoms with Gasteiger partial charge in [0.15, 0.2) is 5.43 Å². The van der Waals surface area contributed by atoms with Crippen LogP contribution < -0.4 is 40.2 Å². The summed E-state index contributed by atoms with van der Waals surface area (Å²) in [5, 5.41) is 0.587. The molecule has 14 heteroatoms. The van der Waals surface area contributed by atoms with Gasteiger partial charge in [-0.25, -0.2) is 0 Å². The monoisotopic (exact) mass is 1810 g/mol. The fraction of sp³-hybridized carbons (Fsp3) is 0.0748. The molecule has 0 N–H and O–H groups in total. The molecule has 0 aliphatic heterocycles. The van der Waals surface area contributed by atoms with Gasteiger partial charge in [0, 0.05) is 50.5 Å². The molecular formula is C107H85I2N3O9. The quantitative estimate of drug-likeness (QED) is 0.0455. The summed E-state index contributed by atoms with van der Waals surface area (Å²) in [6.45, 7) is 4.01. The molecule has 0 saturated carbocycles. The van der Waals surface area contributed by atoms with Crippen molar-refractivity contribution >= 4 is 56.3 Å². The highest BCUT2D eigenvalue weighted by Gasteiger charge is 2.23. The number of terminal acetylenes is 1. The van der Waals surface area contributed by atoms with E-state index in [9.17, 15) is 14.4 Å². The van der Waals surface area contributed by atoms with Crippen LogP contribution in [-0.4, -0.2) is 13.7 Å². The number of benzene rings is 13. The van der Waals surface area contributed by atoms with E-state index in [-0.39, 0.29) is 16.5 Å². The first-order valence-electron chi connectivity index (χ1n) is 39.3. The molecule has 0 saturated heterocycles. The summed E-state index contributed by atoms with van der Waals surface area (Å²) >= 11 is 4.34. The van der Waals surface area contributed by atoms with E-state index in [1.54, 1.807) is 33.8 Å². The van der Waals surface area contributed by atoms with E-state index < -0.39 is 0 Å². The van der Waals surface area contributed by atoms with E-state index in [1.165, 1.54) is 3.57 Å². The van der Waals surface area contributed by atoms with Gasteiger partial charge in [-0.1, -0.05) is 309 Å². The van der Waals surface area contributed by atoms with Crippen molar-refractivity contribution in [2.45, 2.75) is 52.7 Å². The van der Waals surface area contributed by atoms with Crippen LogP contribution in [0.25, 0.3) is 33.6 Å². The minimum absolute atomic E-state index is 0.0278. The van der Waals surface area contributed by atoms with Gasteiger partial charge in [-0.3, -0.25) is 14.4 Å². The summed E-state index contributed by atoms with van der Waals surface area (Å²) in [4.78, 5) is 39.1. The highest BCUT2D eigenvalue weighted by Crippen LogP contribution is 2.40. The first-order chi connectivity index (χ1) is 59.5. The van der Waals surface area contributed by atoms with Crippen molar-refractivity contribution in [2.75, 3.05) is 0 Å². The third-order valence-electron chi connectivity index (χ3n) is 18.9. The maximum absolute atomic E-state index is 13.5. The van der Waals surface area contributed by atoms with E-state index in [2.05, 4.69) is 87.2 Å². The van der Waals surface area contributed by atoms with Crippen LogP contribution in [0, 0.1) is 31.3 Å². The van der Waals surface area contributed by atoms with Crippen LogP contribution >= 0.6 is 45.2 Å². The van der Waals surface area contributed by atoms with Crippen molar-refractivity contribution in [3.63, 3.8) is 0 Å². The largest absolute Gasteiger partial charge is 0.489 e. The molecule has 0 aliphatic carbocycles. The van der Waals surface area contributed by atoms with E-state index >= 15 is 0 Å². The highest BCUT2D eigenvalue weighted by molar-refractivity contribution is 14.1. The second-order valence-electron chi connectivity index (χ2n) is 27.7. The Kier molecular flexibility index (Phi) is 31.5. The predicted octanol–water partition coefficient (Wildman–Crippen LogP) is 23.6. The minimum Gasteiger partial charge on any atom is -0.489 e. The zero-order valence-corrected chi connectivity index (χ0v) is 70.6. The molecule has 12 nitrogen and oxygen atoms in total. The summed E-state index contributed by atoms with van der Waals surface area (Å²) in [5.74, 6) is 12.9. The molecule has 0 amide bonds. The van der Waals surface area contributed by atoms with Gasteiger partial charge in [-0.2, -0.15) is 0 Å². The molecule has 0 fully saturated rings. The number of ether oxygens (including phenoxy) is 5. The number of halogens is 2. The van der Waals surface area contributed by atoms with Crippen LogP contribution in [0.15, 0.2) is 432 Å². The van der Waals surface area contributed by atoms with Crippen molar-refractivity contribution < 1.29 is 28.1 Å². The molecule has 17 aromatic rings. The van der Waals surface area contributed by atoms with E-state index in [0.717, 1.165) is 89.6 Å². The van der Waals surface area contributed by atoms with Gasteiger partial charge in [0.05, 0.1) is 25.0 Å². The topological polar surface area (TPSA) is 125 Å². The molecule has 0 spiro atoms. The number of rotatable bonds is 23. The number of nitrogens with zero attached hydrogens (tertiary/aromatic N) is 3. The predicted molar refractivity (Wildman–Crippen MR) is 502 cm³/mol. The standard InChI is InChI=1S/C34H27NO3.C33H25NO3.C19H16INO2.C15H12O.C6H5I/c36-34-32(21-18-27-16-19-31(20-17-27)37-25-29-12-6-2-7-13-29)33(38-26-30-14-8-3-9-15-30)22-23-35(34)24-28-10-4-1-5-11-28;35-29-20-21-34(22-24-10-4-1-5-11-24)33-31(29)30(26-14-8-3-9-15-26)32(37-33)27-16-18-28(19-17-27)36-23-25-12-6-2-7-13-25;20-18-17(23-14-16-9-5-2-6-10-16)11-12-21(19(18)22)13-15-7-3-1-4-8-15;1-2-13-8-10-15(11-9-13)16-12-14-6-4-3-5-7-14;7-6-4-2-1-3-5-6/h1-17,19-20,22-23H,24-26H2;1-21H,22-23H2;1-12H,13-14H2;1,3-11H,12H2;1-5H. The van der Waals surface area contributed by atoms with Crippen LogP contribution in [0.3, 0.4) is 0 Å². The third kappa shape index (κ3) is 25.7. The number of furan rings is 1. The Morgan fingerprint density at radius 1 is 0.306 bits per heavy atom. The lowest BCUT2D eigenvalue weighted by molar-refractivity contribution is 0.302. The Morgan fingerprint density at radius 3 is 1.03 bits per heavy atom. The lowest BCUT2D eigenvalue weighted by Crippen LogP contribution is -2.23. The molecule has 4 aromatic heterocycles. The van der Waals surface area contributed by atoms with E-state index in [1.807, 2.05) is 369 Å². The second kappa shape index (κ2) is 45.0. The third-order valence-corrected chi connectivity index (χ3v) is 20.6. The fourth-order valence-corrected chi connectivity index (χ4v) is 13.7. The van der Waals surface area contributed by atoms with Gasteiger partial charge in [0.1, 0.15) is 76.7 Å². The zero-order chi connectivity index (χ0) is 83.4. The first-order valence-corrected chi connectivity index (χ1v) is 41.5. The molecule has 0 radical (unpaired) electrons. The maximum Gasteiger partial charge on any atom is 0.270 e.